The molecule has 12 heteroatoms. The number of aromatic amines is 1. The van der Waals surface area contributed by atoms with E-state index >= 15 is 0 Å². The number of amides is 1. The highest BCUT2D eigenvalue weighted by atomic mass is 19.4. The summed E-state index contributed by atoms with van der Waals surface area (Å²) in [5.41, 5.74) is 0.533. The third-order valence-corrected chi connectivity index (χ3v) is 5.30. The Bertz CT molecular complexity index is 1150. The molecule has 0 atom stereocenters. The number of rotatable bonds is 3. The molecule has 0 spiro atoms. The van der Waals surface area contributed by atoms with Crippen LogP contribution in [-0.2, 0) is 13.2 Å². The fourth-order valence-corrected chi connectivity index (χ4v) is 3.62. The highest BCUT2D eigenvalue weighted by molar-refractivity contribution is 5.93. The fourth-order valence-electron chi connectivity index (χ4n) is 3.62. The Hall–Kier alpha value is -3.44. The lowest BCUT2D eigenvalue weighted by molar-refractivity contribution is -0.147. The molecule has 0 radical (unpaired) electrons. The third-order valence-electron chi connectivity index (χ3n) is 5.30. The molecule has 0 aliphatic carbocycles. The van der Waals surface area contributed by atoms with Gasteiger partial charge in [0, 0.05) is 25.7 Å². The summed E-state index contributed by atoms with van der Waals surface area (Å²) in [5, 5.41) is 10.2. The molecule has 1 fully saturated rings. The normalized spacial score (nSPS) is 15.5. The molecule has 1 aliphatic rings. The Morgan fingerprint density at radius 3 is 2.39 bits per heavy atom. The van der Waals surface area contributed by atoms with E-state index in [1.807, 2.05) is 0 Å². The number of benzene rings is 1. The molecule has 3 aromatic rings. The van der Waals surface area contributed by atoms with Gasteiger partial charge in [0.1, 0.15) is 11.5 Å². The molecule has 3 heterocycles. The summed E-state index contributed by atoms with van der Waals surface area (Å²) in [6, 6.07) is 6.70. The molecule has 1 aliphatic heterocycles. The molecule has 8 nitrogen and oxygen atoms in total. The van der Waals surface area contributed by atoms with E-state index < -0.39 is 23.7 Å². The van der Waals surface area contributed by atoms with Crippen LogP contribution in [0.4, 0.5) is 17.6 Å². The van der Waals surface area contributed by atoms with E-state index in [9.17, 15) is 27.2 Å². The monoisotopic (exact) mass is 438 g/mol. The minimum atomic E-state index is -4.72. The number of carbonyl (C=O) groups is 1. The number of H-pyrrole nitrogens is 1. The zero-order valence-corrected chi connectivity index (χ0v) is 16.4. The van der Waals surface area contributed by atoms with Crippen LogP contribution in [0.1, 0.15) is 35.2 Å². The molecular formula is C19H18F4N6O2. The number of halogens is 4. The van der Waals surface area contributed by atoms with Crippen molar-refractivity contribution in [2.45, 2.75) is 25.1 Å². The van der Waals surface area contributed by atoms with Crippen LogP contribution in [0.5, 0.6) is 0 Å². The topological polar surface area (TPSA) is 88.8 Å². The van der Waals surface area contributed by atoms with Gasteiger partial charge in [0.25, 0.3) is 5.91 Å². The lowest BCUT2D eigenvalue weighted by Crippen LogP contribution is -2.41. The van der Waals surface area contributed by atoms with Gasteiger partial charge in [0.15, 0.2) is 0 Å². The highest BCUT2D eigenvalue weighted by Gasteiger charge is 2.39. The first kappa shape index (κ1) is 20.8. The smallest absolute Gasteiger partial charge is 0.337 e. The molecular weight excluding hydrogens is 420 g/mol. The predicted molar refractivity (Wildman–Crippen MR) is 101 cm³/mol. The number of nitrogens with zero attached hydrogens (tertiary/aromatic N) is 5. The van der Waals surface area contributed by atoms with Gasteiger partial charge in [-0.3, -0.25) is 14.5 Å². The van der Waals surface area contributed by atoms with Crippen LogP contribution in [-0.4, -0.2) is 48.4 Å². The van der Waals surface area contributed by atoms with Crippen LogP contribution in [0.15, 0.2) is 35.1 Å². The first-order valence-electron chi connectivity index (χ1n) is 9.48. The van der Waals surface area contributed by atoms with E-state index in [2.05, 4.69) is 15.3 Å². The number of carbonyl (C=O) groups excluding carboxylic acids is 1. The van der Waals surface area contributed by atoms with Crippen LogP contribution < -0.4 is 5.69 Å². The van der Waals surface area contributed by atoms with Gasteiger partial charge in [-0.25, -0.2) is 13.9 Å². The SMILES string of the molecule is Cn1c(C(F)(F)F)nn(C2CCN(C(=O)c3cc(-c4ccc(F)cc4)n[nH]3)CC2)c1=O. The van der Waals surface area contributed by atoms with Gasteiger partial charge >= 0.3 is 11.9 Å². The van der Waals surface area contributed by atoms with Crippen molar-refractivity contribution in [2.24, 2.45) is 7.05 Å². The summed E-state index contributed by atoms with van der Waals surface area (Å²) in [5.74, 6) is -1.95. The summed E-state index contributed by atoms with van der Waals surface area (Å²) in [7, 11) is 1.03. The molecule has 31 heavy (non-hydrogen) atoms. The van der Waals surface area contributed by atoms with Crippen molar-refractivity contribution >= 4 is 5.91 Å². The Kier molecular flexibility index (Phi) is 5.15. The zero-order chi connectivity index (χ0) is 22.3. The molecule has 0 saturated carbocycles. The van der Waals surface area contributed by atoms with Crippen molar-refractivity contribution < 1.29 is 22.4 Å². The van der Waals surface area contributed by atoms with Gasteiger partial charge in [0.2, 0.25) is 5.82 Å². The number of nitrogens with one attached hydrogen (secondary N) is 1. The van der Waals surface area contributed by atoms with Crippen LogP contribution in [0, 0.1) is 5.82 Å². The Balaban J connectivity index is 1.44. The lowest BCUT2D eigenvalue weighted by Gasteiger charge is -2.31. The minimum Gasteiger partial charge on any atom is -0.337 e. The van der Waals surface area contributed by atoms with E-state index in [1.165, 1.54) is 17.0 Å². The van der Waals surface area contributed by atoms with E-state index in [0.29, 0.717) is 28.7 Å². The highest BCUT2D eigenvalue weighted by Crippen LogP contribution is 2.28. The maximum Gasteiger partial charge on any atom is 0.451 e. The second-order valence-corrected chi connectivity index (χ2v) is 7.30. The number of piperidine rings is 1. The molecule has 2 aromatic heterocycles. The van der Waals surface area contributed by atoms with Crippen molar-refractivity contribution in [3.8, 4) is 11.3 Å². The standard InChI is InChI=1S/C19H18F4N6O2/c1-27-17(19(21,22)23)26-29(18(27)31)13-6-8-28(9-7-13)16(30)15-10-14(24-25-15)11-2-4-12(20)5-3-11/h2-5,10,13H,6-9H2,1H3,(H,24,25). The largest absolute Gasteiger partial charge is 0.451 e. The van der Waals surface area contributed by atoms with Crippen molar-refractivity contribution in [3.63, 3.8) is 0 Å². The molecule has 1 amide bonds. The summed E-state index contributed by atoms with van der Waals surface area (Å²) < 4.78 is 53.4. The maximum absolute atomic E-state index is 13.1. The van der Waals surface area contributed by atoms with E-state index in [1.54, 1.807) is 18.2 Å². The fraction of sp³-hybridized carbons (Fsp3) is 0.368. The molecule has 1 N–H and O–H groups in total. The first-order valence-corrected chi connectivity index (χ1v) is 9.48. The van der Waals surface area contributed by atoms with Crippen LogP contribution in [0.25, 0.3) is 11.3 Å². The molecule has 0 bridgehead atoms. The summed E-state index contributed by atoms with van der Waals surface area (Å²) in [6.07, 6.45) is -4.14. The van der Waals surface area contributed by atoms with Gasteiger partial charge in [-0.2, -0.15) is 18.3 Å². The average molecular weight is 438 g/mol. The van der Waals surface area contributed by atoms with Crippen LogP contribution >= 0.6 is 0 Å². The zero-order valence-electron chi connectivity index (χ0n) is 16.4. The number of likely N-dealkylation sites (tertiary alicyclic amines) is 1. The second kappa shape index (κ2) is 7.67. The Morgan fingerprint density at radius 2 is 1.81 bits per heavy atom. The quantitative estimate of drug-likeness (QED) is 0.637. The van der Waals surface area contributed by atoms with E-state index in [4.69, 9.17) is 0 Å². The van der Waals surface area contributed by atoms with E-state index in [-0.39, 0.29) is 30.5 Å². The molecule has 1 saturated heterocycles. The van der Waals surface area contributed by atoms with Gasteiger partial charge < -0.3 is 4.90 Å². The first-order chi connectivity index (χ1) is 14.6. The van der Waals surface area contributed by atoms with Crippen molar-refractivity contribution in [1.29, 1.82) is 0 Å². The minimum absolute atomic E-state index is 0.243. The molecule has 4 rings (SSSR count). The molecule has 164 valence electrons. The lowest BCUT2D eigenvalue weighted by atomic mass is 10.0. The van der Waals surface area contributed by atoms with Crippen LogP contribution in [0.2, 0.25) is 0 Å². The third kappa shape index (κ3) is 3.97. The predicted octanol–water partition coefficient (Wildman–Crippen LogP) is 2.61. The molecule has 1 aromatic carbocycles. The van der Waals surface area contributed by atoms with E-state index in [0.717, 1.165) is 11.7 Å². The Labute approximate surface area is 173 Å². The summed E-state index contributed by atoms with van der Waals surface area (Å²) in [4.78, 5) is 26.5. The summed E-state index contributed by atoms with van der Waals surface area (Å²) in [6.45, 7) is 0.498. The summed E-state index contributed by atoms with van der Waals surface area (Å²) >= 11 is 0. The average Bonchev–Trinajstić information content (AvgIpc) is 3.34. The van der Waals surface area contributed by atoms with Gasteiger partial charge in [-0.15, -0.1) is 5.10 Å². The van der Waals surface area contributed by atoms with Gasteiger partial charge in [-0.1, -0.05) is 0 Å². The van der Waals surface area contributed by atoms with Crippen molar-refractivity contribution in [3.05, 3.63) is 58.2 Å². The van der Waals surface area contributed by atoms with Gasteiger partial charge in [-0.05, 0) is 43.2 Å². The maximum atomic E-state index is 13.1. The number of hydrogen-bond donors (Lipinski definition) is 1. The number of hydrogen-bond acceptors (Lipinski definition) is 4. The van der Waals surface area contributed by atoms with Crippen LogP contribution in [0.3, 0.4) is 0 Å². The van der Waals surface area contributed by atoms with Crippen molar-refractivity contribution in [1.82, 2.24) is 29.4 Å². The van der Waals surface area contributed by atoms with Crippen molar-refractivity contribution in [2.75, 3.05) is 13.1 Å². The number of alkyl halides is 3. The second-order valence-electron chi connectivity index (χ2n) is 7.30. The van der Waals surface area contributed by atoms with Gasteiger partial charge in [0.05, 0.1) is 11.7 Å². The molecule has 0 unspecified atom stereocenters. The Morgan fingerprint density at radius 1 is 1.16 bits per heavy atom. The number of aromatic nitrogens is 5.